The number of hydrogen-bond acceptors (Lipinski definition) is 5. The van der Waals surface area contributed by atoms with Gasteiger partial charge >= 0.3 is 5.97 Å². The van der Waals surface area contributed by atoms with Gasteiger partial charge < -0.3 is 19.4 Å². The molecule has 0 aliphatic carbocycles. The van der Waals surface area contributed by atoms with E-state index >= 15 is 0 Å². The first kappa shape index (κ1) is 20.9. The molecule has 4 rings (SSSR count). The van der Waals surface area contributed by atoms with Crippen LogP contribution in [0.5, 0.6) is 0 Å². The lowest BCUT2D eigenvalue weighted by Gasteiger charge is -2.36. The number of benzene rings is 2. The molecule has 2 aliphatic heterocycles. The van der Waals surface area contributed by atoms with Gasteiger partial charge in [0.25, 0.3) is 5.91 Å². The summed E-state index contributed by atoms with van der Waals surface area (Å²) in [5.41, 5.74) is 3.03. The number of nitrogens with zero attached hydrogens (tertiary/aromatic N) is 3. The molecule has 1 atom stereocenters. The summed E-state index contributed by atoms with van der Waals surface area (Å²) in [6.45, 7) is 4.65. The Kier molecular flexibility index (Phi) is 6.21. The van der Waals surface area contributed by atoms with Crippen LogP contribution >= 0.6 is 0 Å². The van der Waals surface area contributed by atoms with E-state index in [9.17, 15) is 14.4 Å². The van der Waals surface area contributed by atoms with E-state index < -0.39 is 11.9 Å². The van der Waals surface area contributed by atoms with Crippen LogP contribution in [0, 0.1) is 12.8 Å². The Hall–Kier alpha value is -3.35. The minimum atomic E-state index is -0.545. The van der Waals surface area contributed by atoms with Gasteiger partial charge in [-0.15, -0.1) is 0 Å². The highest BCUT2D eigenvalue weighted by atomic mass is 16.5. The molecule has 2 aromatic rings. The average Bonchev–Trinajstić information content (AvgIpc) is 3.20. The van der Waals surface area contributed by atoms with Crippen molar-refractivity contribution in [1.82, 2.24) is 4.90 Å². The maximum atomic E-state index is 12.5. The predicted octanol–water partition coefficient (Wildman–Crippen LogP) is 2.24. The SMILES string of the molecule is Cc1ccc(N2C[C@@H](C(=O)OCC(=O)N3CCN(c4ccccc4)CC3)CC2=O)cc1. The third-order valence-electron chi connectivity index (χ3n) is 5.90. The van der Waals surface area contributed by atoms with E-state index in [-0.39, 0.29) is 31.4 Å². The van der Waals surface area contributed by atoms with Crippen LogP contribution in [0.2, 0.25) is 0 Å². The van der Waals surface area contributed by atoms with Gasteiger partial charge in [-0.2, -0.15) is 0 Å². The molecular weight excluding hydrogens is 394 g/mol. The second-order valence-electron chi connectivity index (χ2n) is 8.05. The number of rotatable bonds is 5. The van der Waals surface area contributed by atoms with Gasteiger partial charge in [0, 0.05) is 50.5 Å². The number of aryl methyl sites for hydroxylation is 1. The zero-order chi connectivity index (χ0) is 21.8. The van der Waals surface area contributed by atoms with Crippen LogP contribution in [-0.2, 0) is 19.1 Å². The Bertz CT molecular complexity index is 937. The minimum absolute atomic E-state index is 0.103. The first-order valence-electron chi connectivity index (χ1n) is 10.6. The zero-order valence-corrected chi connectivity index (χ0v) is 17.7. The number of hydrogen-bond donors (Lipinski definition) is 0. The molecule has 0 spiro atoms. The Morgan fingerprint density at radius 3 is 2.29 bits per heavy atom. The van der Waals surface area contributed by atoms with Crippen molar-refractivity contribution in [1.29, 1.82) is 0 Å². The number of esters is 1. The lowest BCUT2D eigenvalue weighted by molar-refractivity contribution is -0.155. The normalized spacial score (nSPS) is 18.9. The Morgan fingerprint density at radius 1 is 0.935 bits per heavy atom. The first-order chi connectivity index (χ1) is 15.0. The maximum Gasteiger partial charge on any atom is 0.311 e. The fourth-order valence-electron chi connectivity index (χ4n) is 4.03. The quantitative estimate of drug-likeness (QED) is 0.693. The molecule has 2 aromatic carbocycles. The number of anilines is 2. The molecule has 2 heterocycles. The van der Waals surface area contributed by atoms with E-state index in [1.54, 1.807) is 9.80 Å². The molecule has 2 saturated heterocycles. The molecule has 2 aliphatic rings. The molecule has 7 heteroatoms. The van der Waals surface area contributed by atoms with Crippen molar-refractivity contribution in [3.8, 4) is 0 Å². The highest BCUT2D eigenvalue weighted by molar-refractivity contribution is 5.99. The molecule has 0 N–H and O–H groups in total. The van der Waals surface area contributed by atoms with Crippen molar-refractivity contribution in [2.75, 3.05) is 49.1 Å². The van der Waals surface area contributed by atoms with E-state index in [1.165, 1.54) is 0 Å². The smallest absolute Gasteiger partial charge is 0.311 e. The Morgan fingerprint density at radius 2 is 1.61 bits per heavy atom. The number of piperazine rings is 1. The Balaban J connectivity index is 1.24. The summed E-state index contributed by atoms with van der Waals surface area (Å²) in [6.07, 6.45) is 0.108. The highest BCUT2D eigenvalue weighted by Crippen LogP contribution is 2.26. The van der Waals surface area contributed by atoms with Crippen molar-refractivity contribution in [2.24, 2.45) is 5.92 Å². The van der Waals surface area contributed by atoms with Crippen molar-refractivity contribution >= 4 is 29.2 Å². The molecule has 31 heavy (non-hydrogen) atoms. The van der Waals surface area contributed by atoms with Crippen LogP contribution in [0.15, 0.2) is 54.6 Å². The van der Waals surface area contributed by atoms with Crippen LogP contribution in [0.3, 0.4) is 0 Å². The van der Waals surface area contributed by atoms with Crippen LogP contribution < -0.4 is 9.80 Å². The van der Waals surface area contributed by atoms with Gasteiger partial charge in [-0.25, -0.2) is 0 Å². The van der Waals surface area contributed by atoms with Gasteiger partial charge in [-0.05, 0) is 31.2 Å². The third-order valence-corrected chi connectivity index (χ3v) is 5.90. The van der Waals surface area contributed by atoms with Crippen molar-refractivity contribution in [3.63, 3.8) is 0 Å². The number of carbonyl (C=O) groups excluding carboxylic acids is 3. The summed E-state index contributed by atoms with van der Waals surface area (Å²) >= 11 is 0. The van der Waals surface area contributed by atoms with Gasteiger partial charge in [0.1, 0.15) is 0 Å². The summed E-state index contributed by atoms with van der Waals surface area (Å²) < 4.78 is 5.28. The van der Waals surface area contributed by atoms with E-state index in [0.29, 0.717) is 13.1 Å². The third kappa shape index (κ3) is 4.87. The van der Waals surface area contributed by atoms with Gasteiger partial charge in [0.2, 0.25) is 5.91 Å². The van der Waals surface area contributed by atoms with E-state index in [2.05, 4.69) is 17.0 Å². The summed E-state index contributed by atoms with van der Waals surface area (Å²) in [6, 6.07) is 17.7. The summed E-state index contributed by atoms with van der Waals surface area (Å²) in [5.74, 6) is -1.33. The number of para-hydroxylation sites is 1. The topological polar surface area (TPSA) is 70.2 Å². The van der Waals surface area contributed by atoms with E-state index in [1.807, 2.05) is 49.4 Å². The summed E-state index contributed by atoms with van der Waals surface area (Å²) in [7, 11) is 0. The fourth-order valence-corrected chi connectivity index (χ4v) is 4.03. The average molecular weight is 421 g/mol. The molecule has 162 valence electrons. The van der Waals surface area contributed by atoms with Crippen LogP contribution in [0.25, 0.3) is 0 Å². The summed E-state index contributed by atoms with van der Waals surface area (Å²) in [5, 5.41) is 0. The molecule has 7 nitrogen and oxygen atoms in total. The molecule has 2 fully saturated rings. The second-order valence-corrected chi connectivity index (χ2v) is 8.05. The fraction of sp³-hybridized carbons (Fsp3) is 0.375. The molecule has 0 saturated carbocycles. The predicted molar refractivity (Wildman–Crippen MR) is 118 cm³/mol. The second kappa shape index (κ2) is 9.20. The Labute approximate surface area is 182 Å². The molecule has 2 amide bonds. The molecule has 0 aromatic heterocycles. The van der Waals surface area contributed by atoms with Crippen LogP contribution in [0.4, 0.5) is 11.4 Å². The van der Waals surface area contributed by atoms with Crippen LogP contribution in [0.1, 0.15) is 12.0 Å². The molecular formula is C24H27N3O4. The monoisotopic (exact) mass is 421 g/mol. The van der Waals surface area contributed by atoms with Gasteiger partial charge in [-0.3, -0.25) is 14.4 Å². The molecule has 0 bridgehead atoms. The van der Waals surface area contributed by atoms with Gasteiger partial charge in [0.15, 0.2) is 6.61 Å². The lowest BCUT2D eigenvalue weighted by atomic mass is 10.1. The number of amides is 2. The first-order valence-corrected chi connectivity index (χ1v) is 10.6. The number of carbonyl (C=O) groups is 3. The number of ether oxygens (including phenoxy) is 1. The molecule has 0 unspecified atom stereocenters. The maximum absolute atomic E-state index is 12.5. The summed E-state index contributed by atoms with van der Waals surface area (Å²) in [4.78, 5) is 42.9. The van der Waals surface area contributed by atoms with Gasteiger partial charge in [-0.1, -0.05) is 35.9 Å². The zero-order valence-electron chi connectivity index (χ0n) is 17.7. The van der Waals surface area contributed by atoms with Crippen molar-refractivity contribution < 1.29 is 19.1 Å². The van der Waals surface area contributed by atoms with Crippen molar-refractivity contribution in [3.05, 3.63) is 60.2 Å². The van der Waals surface area contributed by atoms with Crippen LogP contribution in [-0.4, -0.2) is 62.0 Å². The van der Waals surface area contributed by atoms with Crippen molar-refractivity contribution in [2.45, 2.75) is 13.3 Å². The minimum Gasteiger partial charge on any atom is -0.455 e. The lowest BCUT2D eigenvalue weighted by Crippen LogP contribution is -2.50. The largest absolute Gasteiger partial charge is 0.455 e. The van der Waals surface area contributed by atoms with Gasteiger partial charge in [0.05, 0.1) is 5.92 Å². The standard InChI is InChI=1S/C24H27N3O4/c1-18-7-9-21(10-8-18)27-16-19(15-22(27)28)24(30)31-17-23(29)26-13-11-25(12-14-26)20-5-3-2-4-6-20/h2-10,19H,11-17H2,1H3/t19-/m0/s1. The van der Waals surface area contributed by atoms with E-state index in [0.717, 1.165) is 30.0 Å². The van der Waals surface area contributed by atoms with E-state index in [4.69, 9.17) is 4.74 Å². The highest BCUT2D eigenvalue weighted by Gasteiger charge is 2.36. The molecule has 0 radical (unpaired) electrons.